The second kappa shape index (κ2) is 4.34. The molecule has 0 saturated carbocycles. The summed E-state index contributed by atoms with van der Waals surface area (Å²) in [5.74, 6) is 1.13. The number of hydrogen-bond acceptors (Lipinski definition) is 1. The fourth-order valence-corrected chi connectivity index (χ4v) is 1.97. The van der Waals surface area contributed by atoms with Gasteiger partial charge in [-0.25, -0.2) is 0 Å². The molecule has 0 fully saturated rings. The maximum atomic E-state index is 5.67. The van der Waals surface area contributed by atoms with Crippen molar-refractivity contribution >= 4 is 5.96 Å². The third kappa shape index (κ3) is 2.12. The summed E-state index contributed by atoms with van der Waals surface area (Å²) in [6.45, 7) is 3.65. The van der Waals surface area contributed by atoms with Gasteiger partial charge in [0.25, 0.3) is 0 Å². The van der Waals surface area contributed by atoms with Crippen LogP contribution in [0.25, 0.3) is 0 Å². The molecule has 1 aliphatic carbocycles. The van der Waals surface area contributed by atoms with Crippen molar-refractivity contribution in [1.29, 1.82) is 0 Å². The molecule has 0 aromatic heterocycles. The minimum absolute atomic E-state index is 0.557. The van der Waals surface area contributed by atoms with Crippen LogP contribution >= 0.6 is 0 Å². The van der Waals surface area contributed by atoms with Crippen molar-refractivity contribution in [2.45, 2.75) is 19.3 Å². The van der Waals surface area contributed by atoms with Crippen molar-refractivity contribution in [1.82, 2.24) is 5.32 Å². The Labute approximate surface area is 90.4 Å². The van der Waals surface area contributed by atoms with Gasteiger partial charge in [-0.1, -0.05) is 24.3 Å². The molecule has 1 aromatic rings. The Morgan fingerprint density at radius 3 is 3.07 bits per heavy atom. The number of rotatable bonds is 3. The van der Waals surface area contributed by atoms with Gasteiger partial charge < -0.3 is 11.1 Å². The van der Waals surface area contributed by atoms with Gasteiger partial charge in [0.05, 0.1) is 0 Å². The highest BCUT2D eigenvalue weighted by atomic mass is 15.1. The smallest absolute Gasteiger partial charge is 0.188 e. The van der Waals surface area contributed by atoms with Crippen molar-refractivity contribution in [3.63, 3.8) is 0 Å². The van der Waals surface area contributed by atoms with Crippen molar-refractivity contribution in [2.75, 3.05) is 13.1 Å². The van der Waals surface area contributed by atoms with E-state index in [0.29, 0.717) is 11.9 Å². The van der Waals surface area contributed by atoms with Gasteiger partial charge in [-0.3, -0.25) is 4.99 Å². The third-order valence-corrected chi connectivity index (χ3v) is 2.80. The third-order valence-electron chi connectivity index (χ3n) is 2.80. The van der Waals surface area contributed by atoms with Gasteiger partial charge in [0, 0.05) is 19.0 Å². The highest BCUT2D eigenvalue weighted by Gasteiger charge is 2.24. The van der Waals surface area contributed by atoms with Crippen molar-refractivity contribution in [3.05, 3.63) is 35.4 Å². The Balaban J connectivity index is 1.92. The van der Waals surface area contributed by atoms with Crippen LogP contribution in [0, 0.1) is 0 Å². The van der Waals surface area contributed by atoms with Gasteiger partial charge in [0.2, 0.25) is 0 Å². The zero-order valence-electron chi connectivity index (χ0n) is 9.03. The van der Waals surface area contributed by atoms with Crippen LogP contribution in [0.5, 0.6) is 0 Å². The summed E-state index contributed by atoms with van der Waals surface area (Å²) in [5.41, 5.74) is 8.56. The zero-order valence-corrected chi connectivity index (χ0v) is 9.03. The number of nitrogens with two attached hydrogens (primary N) is 1. The average Bonchev–Trinajstić information content (AvgIpc) is 2.20. The minimum atomic E-state index is 0.557. The van der Waals surface area contributed by atoms with Crippen LogP contribution in [0.4, 0.5) is 0 Å². The average molecular weight is 203 g/mol. The van der Waals surface area contributed by atoms with Crippen molar-refractivity contribution in [3.8, 4) is 0 Å². The predicted molar refractivity (Wildman–Crippen MR) is 63.1 cm³/mol. The standard InChI is InChI=1S/C12H17N3/c1-2-14-12(13)15-8-10-7-9-5-3-4-6-11(9)10/h3-6,10H,2,7-8H2,1H3,(H3,13,14,15). The summed E-state index contributed by atoms with van der Waals surface area (Å²) in [4.78, 5) is 4.32. The van der Waals surface area contributed by atoms with Gasteiger partial charge in [0.15, 0.2) is 5.96 Å². The monoisotopic (exact) mass is 203 g/mol. The summed E-state index contributed by atoms with van der Waals surface area (Å²) < 4.78 is 0. The second-order valence-corrected chi connectivity index (χ2v) is 3.86. The number of hydrogen-bond donors (Lipinski definition) is 2. The maximum absolute atomic E-state index is 5.67. The topological polar surface area (TPSA) is 50.4 Å². The first-order valence-corrected chi connectivity index (χ1v) is 5.43. The van der Waals surface area contributed by atoms with Gasteiger partial charge in [-0.05, 0) is 24.5 Å². The molecule has 0 heterocycles. The summed E-state index contributed by atoms with van der Waals surface area (Å²) in [6.07, 6.45) is 1.14. The van der Waals surface area contributed by atoms with Crippen LogP contribution in [0.3, 0.4) is 0 Å². The largest absolute Gasteiger partial charge is 0.370 e. The zero-order chi connectivity index (χ0) is 10.7. The first kappa shape index (κ1) is 10.0. The number of benzene rings is 1. The molecule has 0 aliphatic heterocycles. The van der Waals surface area contributed by atoms with Crippen LogP contribution in [-0.4, -0.2) is 19.0 Å². The number of fused-ring (bicyclic) bond motifs is 1. The second-order valence-electron chi connectivity index (χ2n) is 3.86. The molecule has 3 N–H and O–H groups in total. The van der Waals surface area contributed by atoms with Crippen molar-refractivity contribution < 1.29 is 0 Å². The summed E-state index contributed by atoms with van der Waals surface area (Å²) in [5, 5.41) is 3.00. The molecule has 1 unspecified atom stereocenters. The Morgan fingerprint density at radius 1 is 1.53 bits per heavy atom. The summed E-state index contributed by atoms with van der Waals surface area (Å²) in [6, 6.07) is 8.54. The SMILES string of the molecule is CCNC(N)=NCC1Cc2ccccc21. The molecule has 1 aliphatic rings. The lowest BCUT2D eigenvalue weighted by Gasteiger charge is -2.28. The van der Waals surface area contributed by atoms with Gasteiger partial charge in [0.1, 0.15) is 0 Å². The fourth-order valence-electron chi connectivity index (χ4n) is 1.97. The molecule has 0 spiro atoms. The summed E-state index contributed by atoms with van der Waals surface area (Å²) in [7, 11) is 0. The summed E-state index contributed by atoms with van der Waals surface area (Å²) >= 11 is 0. The number of guanidine groups is 1. The van der Waals surface area contributed by atoms with E-state index < -0.39 is 0 Å². The molecule has 0 saturated heterocycles. The minimum Gasteiger partial charge on any atom is -0.370 e. The lowest BCUT2D eigenvalue weighted by atomic mass is 9.78. The van der Waals surface area contributed by atoms with E-state index in [1.165, 1.54) is 11.1 Å². The van der Waals surface area contributed by atoms with E-state index in [1.807, 2.05) is 6.92 Å². The van der Waals surface area contributed by atoms with Gasteiger partial charge in [-0.15, -0.1) is 0 Å². The van der Waals surface area contributed by atoms with E-state index in [4.69, 9.17) is 5.73 Å². The Kier molecular flexibility index (Phi) is 2.90. The van der Waals surface area contributed by atoms with Gasteiger partial charge >= 0.3 is 0 Å². The van der Waals surface area contributed by atoms with E-state index in [-0.39, 0.29) is 0 Å². The molecular weight excluding hydrogens is 186 g/mol. The van der Waals surface area contributed by atoms with Crippen LogP contribution in [0.15, 0.2) is 29.3 Å². The van der Waals surface area contributed by atoms with E-state index in [9.17, 15) is 0 Å². The van der Waals surface area contributed by atoms with Crippen LogP contribution < -0.4 is 11.1 Å². The molecule has 0 amide bonds. The Hall–Kier alpha value is -1.51. The quantitative estimate of drug-likeness (QED) is 0.574. The number of aliphatic imine (C=N–C) groups is 1. The molecule has 3 heteroatoms. The van der Waals surface area contributed by atoms with E-state index >= 15 is 0 Å². The molecule has 3 nitrogen and oxygen atoms in total. The lowest BCUT2D eigenvalue weighted by Crippen LogP contribution is -2.32. The highest BCUT2D eigenvalue weighted by molar-refractivity contribution is 5.77. The Morgan fingerprint density at radius 2 is 2.33 bits per heavy atom. The molecule has 0 bridgehead atoms. The first-order chi connectivity index (χ1) is 7.31. The molecule has 1 atom stereocenters. The van der Waals surface area contributed by atoms with Crippen LogP contribution in [0.2, 0.25) is 0 Å². The van der Waals surface area contributed by atoms with E-state index in [2.05, 4.69) is 34.6 Å². The van der Waals surface area contributed by atoms with E-state index in [0.717, 1.165) is 19.5 Å². The maximum Gasteiger partial charge on any atom is 0.188 e. The molecule has 15 heavy (non-hydrogen) atoms. The lowest BCUT2D eigenvalue weighted by molar-refractivity contribution is 0.617. The number of nitrogens with zero attached hydrogens (tertiary/aromatic N) is 1. The predicted octanol–water partition coefficient (Wildman–Crippen LogP) is 1.25. The normalized spacial score (nSPS) is 19.3. The molecule has 1 aromatic carbocycles. The fraction of sp³-hybridized carbons (Fsp3) is 0.417. The van der Waals surface area contributed by atoms with Gasteiger partial charge in [-0.2, -0.15) is 0 Å². The molecular formula is C12H17N3. The molecule has 0 radical (unpaired) electrons. The van der Waals surface area contributed by atoms with Crippen LogP contribution in [-0.2, 0) is 6.42 Å². The van der Waals surface area contributed by atoms with E-state index in [1.54, 1.807) is 0 Å². The number of nitrogens with one attached hydrogen (secondary N) is 1. The van der Waals surface area contributed by atoms with Crippen molar-refractivity contribution in [2.24, 2.45) is 10.7 Å². The highest BCUT2D eigenvalue weighted by Crippen LogP contribution is 2.34. The molecule has 80 valence electrons. The first-order valence-electron chi connectivity index (χ1n) is 5.43. The molecule has 2 rings (SSSR count). The van der Waals surface area contributed by atoms with Crippen LogP contribution in [0.1, 0.15) is 24.0 Å². The Bertz CT molecular complexity index is 371.